The molecule has 0 bridgehead atoms. The maximum Gasteiger partial charge on any atom is 0.129 e. The van der Waals surface area contributed by atoms with E-state index in [-0.39, 0.29) is 31.1 Å². The largest absolute Gasteiger partial charge is 0.500 e. The molecule has 1 radical (unpaired) electrons. The quantitative estimate of drug-likeness (QED) is 0.131. The van der Waals surface area contributed by atoms with E-state index in [1.807, 2.05) is 48.7 Å². The maximum absolute atomic E-state index is 7.23. The normalized spacial score (nSPS) is 12.6. The number of hydrogen-bond donors (Lipinski definition) is 0. The van der Waals surface area contributed by atoms with Crippen LogP contribution in [0.15, 0.2) is 150 Å². The van der Waals surface area contributed by atoms with E-state index in [0.717, 1.165) is 77.8 Å². The van der Waals surface area contributed by atoms with Crippen LogP contribution < -0.4 is 0 Å². The number of aryl methyl sites for hydroxylation is 1. The summed E-state index contributed by atoms with van der Waals surface area (Å²) in [4.78, 5) is 14.2. The van der Waals surface area contributed by atoms with E-state index >= 15 is 0 Å². The van der Waals surface area contributed by atoms with E-state index in [1.54, 1.807) is 18.2 Å². The maximum atomic E-state index is 7.23. The second kappa shape index (κ2) is 14.1. The number of hydrogen-bond acceptors (Lipinski definition) is 4. The standard InChI is InChI=1S/C36H26N3O.C12H10N.Ir/c1-36(2,3)31-20-29-30(21-37-31)39(24-11-5-4-6-12-24)35(38-29)28-15-9-14-26-27-19-18-23-17-16-22-10-7-8-13-25(22)32(23)34(27)40-33(26)28;1-10-7-8-12(13-9-10)11-5-3-2-4-6-11;/h4-14,16-21H,1-3H3;2-5,7-9H,1H3;/q2*-1;/i;1D3;. The monoisotopic (exact) mass is 880 g/mol. The molecule has 0 spiro atoms. The van der Waals surface area contributed by atoms with Crippen LogP contribution in [0.5, 0.6) is 0 Å². The minimum Gasteiger partial charge on any atom is -0.500 e. The second-order valence-corrected chi connectivity index (χ2v) is 14.1. The van der Waals surface area contributed by atoms with Crippen molar-refractivity contribution in [3.63, 3.8) is 0 Å². The third-order valence-corrected chi connectivity index (χ3v) is 9.60. The summed E-state index contributed by atoms with van der Waals surface area (Å²) in [5, 5.41) is 6.82. The van der Waals surface area contributed by atoms with Crippen molar-refractivity contribution in [3.8, 4) is 28.3 Å². The number of pyridine rings is 2. The number of imidazole rings is 1. The molecule has 0 aliphatic carbocycles. The molecule has 6 aromatic carbocycles. The van der Waals surface area contributed by atoms with Crippen LogP contribution in [0.25, 0.3) is 82.8 Å². The van der Waals surface area contributed by atoms with E-state index in [0.29, 0.717) is 0 Å². The topological polar surface area (TPSA) is 56.7 Å². The van der Waals surface area contributed by atoms with Crippen molar-refractivity contribution in [3.05, 3.63) is 169 Å². The van der Waals surface area contributed by atoms with Crippen LogP contribution in [0.1, 0.15) is 36.1 Å². The molecule has 10 aromatic rings. The molecular formula is C48H36IrN4O-2. The summed E-state index contributed by atoms with van der Waals surface area (Å²) in [5.74, 6) is 0.785. The van der Waals surface area contributed by atoms with Gasteiger partial charge in [-0.25, -0.2) is 0 Å². The Morgan fingerprint density at radius 1 is 0.685 bits per heavy atom. The van der Waals surface area contributed by atoms with E-state index in [9.17, 15) is 0 Å². The van der Waals surface area contributed by atoms with Crippen LogP contribution in [-0.2, 0) is 25.5 Å². The first-order valence-corrected chi connectivity index (χ1v) is 17.6. The summed E-state index contributed by atoms with van der Waals surface area (Å²) < 4.78 is 30.7. The van der Waals surface area contributed by atoms with Crippen molar-refractivity contribution in [2.24, 2.45) is 0 Å². The summed E-state index contributed by atoms with van der Waals surface area (Å²) in [5.41, 5.74) is 8.15. The Hall–Kier alpha value is -5.94. The van der Waals surface area contributed by atoms with Crippen molar-refractivity contribution >= 4 is 54.5 Å². The molecule has 6 heteroatoms. The molecule has 5 nitrogen and oxygen atoms in total. The summed E-state index contributed by atoms with van der Waals surface area (Å²) in [6, 6.07) is 51.0. The van der Waals surface area contributed by atoms with Crippen molar-refractivity contribution in [1.82, 2.24) is 19.5 Å². The molecule has 54 heavy (non-hydrogen) atoms. The molecule has 4 aromatic heterocycles. The molecule has 0 saturated heterocycles. The van der Waals surface area contributed by atoms with Crippen molar-refractivity contribution in [1.29, 1.82) is 0 Å². The van der Waals surface area contributed by atoms with Crippen LogP contribution >= 0.6 is 0 Å². The summed E-state index contributed by atoms with van der Waals surface area (Å²) in [6.07, 6.45) is 3.33. The van der Waals surface area contributed by atoms with Gasteiger partial charge in [-0.3, -0.25) is 9.97 Å². The number of aromatic nitrogens is 4. The van der Waals surface area contributed by atoms with E-state index in [2.05, 4.69) is 115 Å². The molecule has 0 atom stereocenters. The van der Waals surface area contributed by atoms with Gasteiger partial charge in [-0.1, -0.05) is 111 Å². The first-order chi connectivity index (χ1) is 27.0. The first-order valence-electron chi connectivity index (χ1n) is 19.1. The van der Waals surface area contributed by atoms with Crippen LogP contribution in [0.2, 0.25) is 0 Å². The Kier molecular flexibility index (Phi) is 8.26. The minimum atomic E-state index is -2.09. The fourth-order valence-electron chi connectivity index (χ4n) is 6.95. The van der Waals surface area contributed by atoms with Crippen LogP contribution in [0, 0.1) is 19.0 Å². The van der Waals surface area contributed by atoms with Crippen molar-refractivity contribution in [2.75, 3.05) is 0 Å². The predicted molar refractivity (Wildman–Crippen MR) is 217 cm³/mol. The SMILES string of the molecule is CC(C)(C)c1cc2nc(-c3[c-]ccc4c3oc3c4ccc4ccc5ccccc5c43)n(-c3ccccc3)c2cn1.[2H]C([2H])([2H])c1ccc(-c2[c-]cccc2)nc1.[Ir]. The molecule has 0 aliphatic heterocycles. The van der Waals surface area contributed by atoms with Gasteiger partial charge in [0.05, 0.1) is 28.6 Å². The zero-order chi connectivity index (χ0) is 38.6. The van der Waals surface area contributed by atoms with Gasteiger partial charge in [-0.2, -0.15) is 0 Å². The minimum absolute atomic E-state index is 0. The van der Waals surface area contributed by atoms with Crippen LogP contribution in [0.4, 0.5) is 0 Å². The van der Waals surface area contributed by atoms with Crippen molar-refractivity contribution in [2.45, 2.75) is 33.0 Å². The molecule has 4 heterocycles. The van der Waals surface area contributed by atoms with Gasteiger partial charge >= 0.3 is 0 Å². The first kappa shape index (κ1) is 31.6. The third kappa shape index (κ3) is 6.28. The van der Waals surface area contributed by atoms with Gasteiger partial charge < -0.3 is 14.0 Å². The molecular weight excluding hydrogens is 841 g/mol. The number of rotatable bonds is 3. The Morgan fingerprint density at radius 2 is 1.46 bits per heavy atom. The Balaban J connectivity index is 0.000000226. The van der Waals surface area contributed by atoms with Gasteiger partial charge in [0.25, 0.3) is 0 Å². The number of para-hydroxylation sites is 1. The molecule has 0 saturated carbocycles. The predicted octanol–water partition coefficient (Wildman–Crippen LogP) is 12.2. The average Bonchev–Trinajstić information content (AvgIpc) is 3.80. The number of fused-ring (bicyclic) bond motifs is 8. The zero-order valence-electron chi connectivity index (χ0n) is 32.9. The van der Waals surface area contributed by atoms with Gasteiger partial charge in [-0.15, -0.1) is 54.1 Å². The van der Waals surface area contributed by atoms with Crippen molar-refractivity contribution < 1.29 is 28.6 Å². The van der Waals surface area contributed by atoms with E-state index in [1.165, 1.54) is 17.0 Å². The summed E-state index contributed by atoms with van der Waals surface area (Å²) in [7, 11) is 0. The zero-order valence-corrected chi connectivity index (χ0v) is 32.3. The fraction of sp³-hybridized carbons (Fsp3) is 0.104. The number of furan rings is 1. The smallest absolute Gasteiger partial charge is 0.129 e. The number of benzene rings is 6. The summed E-state index contributed by atoms with van der Waals surface area (Å²) >= 11 is 0. The van der Waals surface area contributed by atoms with Gasteiger partial charge in [0, 0.05) is 58.0 Å². The third-order valence-electron chi connectivity index (χ3n) is 9.60. The Morgan fingerprint density at radius 3 is 2.24 bits per heavy atom. The molecule has 0 aliphatic rings. The van der Waals surface area contributed by atoms with Gasteiger partial charge in [0.15, 0.2) is 0 Å². The van der Waals surface area contributed by atoms with Gasteiger partial charge in [-0.05, 0) is 52.5 Å². The molecule has 265 valence electrons. The van der Waals surface area contributed by atoms with Gasteiger partial charge in [0.1, 0.15) is 5.58 Å². The van der Waals surface area contributed by atoms with Crippen LogP contribution in [0.3, 0.4) is 0 Å². The Labute approximate surface area is 331 Å². The summed E-state index contributed by atoms with van der Waals surface area (Å²) in [6.45, 7) is 4.43. The van der Waals surface area contributed by atoms with E-state index in [4.69, 9.17) is 18.5 Å². The molecule has 0 amide bonds. The van der Waals surface area contributed by atoms with Crippen LogP contribution in [-0.4, -0.2) is 19.5 Å². The molecule has 0 N–H and O–H groups in total. The fourth-order valence-corrected chi connectivity index (χ4v) is 6.95. The molecule has 0 unspecified atom stereocenters. The second-order valence-electron chi connectivity index (χ2n) is 14.1. The Bertz CT molecular complexity index is 3040. The molecule has 10 rings (SSSR count). The van der Waals surface area contributed by atoms with E-state index < -0.39 is 6.85 Å². The van der Waals surface area contributed by atoms with Gasteiger partial charge in [0.2, 0.25) is 0 Å². The average molecular weight is 880 g/mol. The molecule has 0 fully saturated rings. The number of nitrogens with zero attached hydrogens (tertiary/aromatic N) is 4.